The standard InChI is InChI=1S/C31H28N2O2/c1-20-13-14-25(22(15-20)18-32)21-16-23-7-6-8-24(17-21)33(23)31(34)35-19-30-28-11-4-2-9-26(28)27-10-3-5-12-29(27)30/h2-5,9-16,23-24,30H,6-8,17,19H2,1H3. The van der Waals surface area contributed by atoms with Gasteiger partial charge in [-0.05, 0) is 77.6 Å². The molecular weight excluding hydrogens is 432 g/mol. The highest BCUT2D eigenvalue weighted by Gasteiger charge is 2.39. The number of nitriles is 1. The van der Waals surface area contributed by atoms with Crippen LogP contribution in [0.4, 0.5) is 4.79 Å². The number of carbonyl (C=O) groups excluding carboxylic acids is 1. The van der Waals surface area contributed by atoms with E-state index in [4.69, 9.17) is 4.74 Å². The molecule has 2 bridgehead atoms. The van der Waals surface area contributed by atoms with Gasteiger partial charge in [-0.25, -0.2) is 4.79 Å². The van der Waals surface area contributed by atoms with E-state index in [0.717, 1.165) is 36.8 Å². The molecule has 3 aromatic carbocycles. The summed E-state index contributed by atoms with van der Waals surface area (Å²) in [5.41, 5.74) is 8.90. The van der Waals surface area contributed by atoms with Crippen LogP contribution in [0.15, 0.2) is 72.8 Å². The lowest BCUT2D eigenvalue weighted by Gasteiger charge is -2.44. The van der Waals surface area contributed by atoms with Crippen LogP contribution in [-0.4, -0.2) is 29.7 Å². The first-order valence-electron chi connectivity index (χ1n) is 12.5. The van der Waals surface area contributed by atoms with Crippen molar-refractivity contribution in [2.45, 2.75) is 50.6 Å². The van der Waals surface area contributed by atoms with Gasteiger partial charge in [-0.2, -0.15) is 5.26 Å². The third-order valence-corrected chi connectivity index (χ3v) is 7.83. The molecule has 2 unspecified atom stereocenters. The van der Waals surface area contributed by atoms with Crippen LogP contribution >= 0.6 is 0 Å². The van der Waals surface area contributed by atoms with Crippen molar-refractivity contribution in [2.75, 3.05) is 6.61 Å². The van der Waals surface area contributed by atoms with E-state index in [2.05, 4.69) is 72.8 Å². The number of aryl methyl sites for hydroxylation is 1. The van der Waals surface area contributed by atoms with Crippen LogP contribution < -0.4 is 0 Å². The Kier molecular flexibility index (Phi) is 5.41. The zero-order valence-corrected chi connectivity index (χ0v) is 19.9. The number of piperidine rings is 1. The monoisotopic (exact) mass is 460 g/mol. The van der Waals surface area contributed by atoms with Crippen LogP contribution in [-0.2, 0) is 4.74 Å². The van der Waals surface area contributed by atoms with Crippen molar-refractivity contribution in [3.63, 3.8) is 0 Å². The first kappa shape index (κ1) is 21.7. The Bertz CT molecular complexity index is 1340. The van der Waals surface area contributed by atoms with Gasteiger partial charge in [0.05, 0.1) is 17.7 Å². The summed E-state index contributed by atoms with van der Waals surface area (Å²) in [6, 6.07) is 25.4. The lowest BCUT2D eigenvalue weighted by Crippen LogP contribution is -2.51. The Labute approximate surface area is 206 Å². The molecule has 6 rings (SSSR count). The van der Waals surface area contributed by atoms with Crippen LogP contribution in [0.2, 0.25) is 0 Å². The second-order valence-corrected chi connectivity index (χ2v) is 9.92. The second-order valence-electron chi connectivity index (χ2n) is 9.92. The maximum atomic E-state index is 13.4. The summed E-state index contributed by atoms with van der Waals surface area (Å²) in [6.45, 7) is 2.35. The predicted molar refractivity (Wildman–Crippen MR) is 137 cm³/mol. The number of carbonyl (C=O) groups is 1. The molecule has 0 aromatic heterocycles. The van der Waals surface area contributed by atoms with Crippen LogP contribution in [0.1, 0.15) is 59.4 Å². The molecule has 174 valence electrons. The molecule has 4 heteroatoms. The van der Waals surface area contributed by atoms with Gasteiger partial charge in [0.2, 0.25) is 0 Å². The number of hydrogen-bond acceptors (Lipinski definition) is 3. The summed E-state index contributed by atoms with van der Waals surface area (Å²) in [6.07, 6.45) is 5.73. The Balaban J connectivity index is 1.23. The number of benzene rings is 3. The van der Waals surface area contributed by atoms with Gasteiger partial charge < -0.3 is 4.74 Å². The zero-order valence-electron chi connectivity index (χ0n) is 19.9. The smallest absolute Gasteiger partial charge is 0.410 e. The van der Waals surface area contributed by atoms with Crippen molar-refractivity contribution >= 4 is 11.7 Å². The molecule has 2 atom stereocenters. The summed E-state index contributed by atoms with van der Waals surface area (Å²) in [5, 5.41) is 9.67. The molecule has 0 N–H and O–H groups in total. The zero-order chi connectivity index (χ0) is 23.9. The van der Waals surface area contributed by atoms with Crippen molar-refractivity contribution in [3.8, 4) is 17.2 Å². The molecule has 1 amide bonds. The fourth-order valence-corrected chi connectivity index (χ4v) is 6.21. The Morgan fingerprint density at radius 2 is 1.71 bits per heavy atom. The molecular formula is C31H28N2O2. The average Bonchev–Trinajstić information content (AvgIpc) is 3.20. The number of ether oxygens (including phenoxy) is 1. The molecule has 2 heterocycles. The quantitative estimate of drug-likeness (QED) is 0.431. The molecule has 2 aliphatic heterocycles. The summed E-state index contributed by atoms with van der Waals surface area (Å²) in [4.78, 5) is 15.4. The maximum absolute atomic E-state index is 13.4. The molecule has 4 nitrogen and oxygen atoms in total. The van der Waals surface area contributed by atoms with E-state index in [9.17, 15) is 10.1 Å². The highest BCUT2D eigenvalue weighted by Crippen LogP contribution is 2.45. The molecule has 3 aliphatic rings. The fraction of sp³-hybridized carbons (Fsp3) is 0.290. The summed E-state index contributed by atoms with van der Waals surface area (Å²) in [7, 11) is 0. The van der Waals surface area contributed by atoms with Gasteiger partial charge in [0, 0.05) is 12.0 Å². The van der Waals surface area contributed by atoms with E-state index in [1.807, 2.05) is 17.9 Å². The molecule has 0 saturated carbocycles. The van der Waals surface area contributed by atoms with E-state index < -0.39 is 0 Å². The third kappa shape index (κ3) is 3.72. The van der Waals surface area contributed by atoms with Gasteiger partial charge in [0.1, 0.15) is 6.61 Å². The highest BCUT2D eigenvalue weighted by atomic mass is 16.6. The van der Waals surface area contributed by atoms with E-state index >= 15 is 0 Å². The molecule has 1 aliphatic carbocycles. The predicted octanol–water partition coefficient (Wildman–Crippen LogP) is 6.83. The molecule has 0 radical (unpaired) electrons. The van der Waals surface area contributed by atoms with E-state index in [1.165, 1.54) is 27.8 Å². The van der Waals surface area contributed by atoms with Gasteiger partial charge in [-0.3, -0.25) is 4.90 Å². The average molecular weight is 461 g/mol. The van der Waals surface area contributed by atoms with Crippen LogP contribution in [0, 0.1) is 18.3 Å². The summed E-state index contributed by atoms with van der Waals surface area (Å²) >= 11 is 0. The highest BCUT2D eigenvalue weighted by molar-refractivity contribution is 5.80. The first-order valence-corrected chi connectivity index (χ1v) is 12.5. The molecule has 35 heavy (non-hydrogen) atoms. The molecule has 3 aromatic rings. The largest absolute Gasteiger partial charge is 0.448 e. The van der Waals surface area contributed by atoms with Gasteiger partial charge in [0.15, 0.2) is 0 Å². The first-order chi connectivity index (χ1) is 17.1. The molecule has 0 spiro atoms. The SMILES string of the molecule is Cc1ccc(C2=CC3CCCC(C2)N3C(=O)OCC2c3ccccc3-c3ccccc32)c(C#N)c1. The number of amides is 1. The Hall–Kier alpha value is -3.84. The van der Waals surface area contributed by atoms with Crippen molar-refractivity contribution < 1.29 is 9.53 Å². The second kappa shape index (κ2) is 8.74. The topological polar surface area (TPSA) is 53.3 Å². The van der Waals surface area contributed by atoms with Crippen LogP contribution in [0.25, 0.3) is 16.7 Å². The minimum atomic E-state index is -0.221. The number of hydrogen-bond donors (Lipinski definition) is 0. The Morgan fingerprint density at radius 1 is 1.00 bits per heavy atom. The maximum Gasteiger partial charge on any atom is 0.410 e. The van der Waals surface area contributed by atoms with Crippen LogP contribution in [0.5, 0.6) is 0 Å². The van der Waals surface area contributed by atoms with Crippen molar-refractivity contribution in [1.29, 1.82) is 5.26 Å². The number of rotatable bonds is 3. The molecule has 1 fully saturated rings. The van der Waals surface area contributed by atoms with Gasteiger partial charge >= 0.3 is 6.09 Å². The lowest BCUT2D eigenvalue weighted by atomic mass is 9.82. The summed E-state index contributed by atoms with van der Waals surface area (Å²) in [5.74, 6) is 0.0628. The number of fused-ring (bicyclic) bond motifs is 5. The van der Waals surface area contributed by atoms with Gasteiger partial charge in [-0.15, -0.1) is 0 Å². The minimum absolute atomic E-state index is 0.0148. The molecule has 1 saturated heterocycles. The fourth-order valence-electron chi connectivity index (χ4n) is 6.21. The normalized spacial score (nSPS) is 20.5. The minimum Gasteiger partial charge on any atom is -0.448 e. The number of nitrogens with zero attached hydrogens (tertiary/aromatic N) is 2. The van der Waals surface area contributed by atoms with E-state index in [1.54, 1.807) is 0 Å². The van der Waals surface area contributed by atoms with Crippen molar-refractivity contribution in [2.24, 2.45) is 0 Å². The van der Waals surface area contributed by atoms with Gasteiger partial charge in [-0.1, -0.05) is 66.7 Å². The van der Waals surface area contributed by atoms with Crippen molar-refractivity contribution in [1.82, 2.24) is 4.90 Å². The summed E-state index contributed by atoms with van der Waals surface area (Å²) < 4.78 is 6.02. The van der Waals surface area contributed by atoms with Crippen molar-refractivity contribution in [3.05, 3.63) is 101 Å². The van der Waals surface area contributed by atoms with Crippen LogP contribution in [0.3, 0.4) is 0 Å². The van der Waals surface area contributed by atoms with E-state index in [0.29, 0.717) is 12.2 Å². The lowest BCUT2D eigenvalue weighted by molar-refractivity contribution is 0.0539. The van der Waals surface area contributed by atoms with E-state index in [-0.39, 0.29) is 24.1 Å². The Morgan fingerprint density at radius 3 is 2.40 bits per heavy atom. The third-order valence-electron chi connectivity index (χ3n) is 7.83. The van der Waals surface area contributed by atoms with Gasteiger partial charge in [0.25, 0.3) is 0 Å².